The molecule has 0 aliphatic heterocycles. The lowest BCUT2D eigenvalue weighted by Gasteiger charge is -2.19. The Morgan fingerprint density at radius 1 is 1.21 bits per heavy atom. The SMILES string of the molecule is C[C@@H](Nc1nnc(O)c2cc(=O)n(C3(C)CC3)cc12)c1cccc(C(F)F)c1F. The summed E-state index contributed by atoms with van der Waals surface area (Å²) in [6.07, 6.45) is 0.381. The van der Waals surface area contributed by atoms with E-state index in [0.29, 0.717) is 5.39 Å². The van der Waals surface area contributed by atoms with Gasteiger partial charge in [-0.2, -0.15) is 0 Å². The highest BCUT2D eigenvalue weighted by Crippen LogP contribution is 2.42. The first-order valence-corrected chi connectivity index (χ1v) is 9.17. The number of anilines is 1. The Morgan fingerprint density at radius 3 is 2.55 bits per heavy atom. The van der Waals surface area contributed by atoms with Gasteiger partial charge >= 0.3 is 0 Å². The van der Waals surface area contributed by atoms with Crippen molar-refractivity contribution in [2.24, 2.45) is 0 Å². The molecule has 29 heavy (non-hydrogen) atoms. The monoisotopic (exact) mass is 404 g/mol. The van der Waals surface area contributed by atoms with Crippen LogP contribution in [0.15, 0.2) is 35.3 Å². The molecule has 1 aliphatic rings. The number of hydrogen-bond acceptors (Lipinski definition) is 5. The van der Waals surface area contributed by atoms with Gasteiger partial charge in [-0.25, -0.2) is 13.2 Å². The fraction of sp³-hybridized carbons (Fsp3) is 0.350. The molecule has 3 aromatic rings. The van der Waals surface area contributed by atoms with Gasteiger partial charge in [0.05, 0.1) is 17.0 Å². The molecule has 152 valence electrons. The zero-order valence-electron chi connectivity index (χ0n) is 15.8. The van der Waals surface area contributed by atoms with Crippen molar-refractivity contribution in [3.05, 3.63) is 57.8 Å². The maximum Gasteiger partial charge on any atom is 0.266 e. The van der Waals surface area contributed by atoms with Crippen molar-refractivity contribution in [3.63, 3.8) is 0 Å². The number of pyridine rings is 1. The molecule has 0 amide bonds. The lowest BCUT2D eigenvalue weighted by molar-refractivity contribution is 0.146. The summed E-state index contributed by atoms with van der Waals surface area (Å²) < 4.78 is 42.1. The Labute approximate surface area is 164 Å². The molecule has 0 spiro atoms. The summed E-state index contributed by atoms with van der Waals surface area (Å²) in [5.41, 5.74) is -1.18. The van der Waals surface area contributed by atoms with E-state index in [2.05, 4.69) is 15.5 Å². The smallest absolute Gasteiger partial charge is 0.266 e. The van der Waals surface area contributed by atoms with Crippen LogP contribution in [0.5, 0.6) is 5.88 Å². The Bertz CT molecular complexity index is 1160. The Kier molecular flexibility index (Phi) is 4.48. The van der Waals surface area contributed by atoms with Crippen molar-refractivity contribution in [2.45, 2.75) is 44.7 Å². The van der Waals surface area contributed by atoms with E-state index in [-0.39, 0.29) is 27.9 Å². The predicted octanol–water partition coefficient (Wildman–Crippen LogP) is 4.26. The minimum absolute atomic E-state index is 0.0494. The molecule has 1 aromatic carbocycles. The maximum atomic E-state index is 14.5. The Morgan fingerprint density at radius 2 is 1.90 bits per heavy atom. The molecule has 0 saturated heterocycles. The first-order chi connectivity index (χ1) is 13.7. The van der Waals surface area contributed by atoms with E-state index >= 15 is 0 Å². The zero-order valence-corrected chi connectivity index (χ0v) is 15.8. The van der Waals surface area contributed by atoms with Crippen LogP contribution in [0.25, 0.3) is 10.8 Å². The van der Waals surface area contributed by atoms with Gasteiger partial charge in [0.25, 0.3) is 12.0 Å². The number of fused-ring (bicyclic) bond motifs is 1. The fourth-order valence-corrected chi connectivity index (χ4v) is 3.42. The van der Waals surface area contributed by atoms with Crippen molar-refractivity contribution < 1.29 is 18.3 Å². The zero-order chi connectivity index (χ0) is 20.9. The number of hydrogen-bond donors (Lipinski definition) is 2. The molecule has 1 atom stereocenters. The van der Waals surface area contributed by atoms with Crippen LogP contribution in [0, 0.1) is 5.82 Å². The molecule has 2 aromatic heterocycles. The Hall–Kier alpha value is -3.10. The van der Waals surface area contributed by atoms with Gasteiger partial charge in [-0.1, -0.05) is 18.2 Å². The minimum Gasteiger partial charge on any atom is -0.492 e. The maximum absolute atomic E-state index is 14.5. The van der Waals surface area contributed by atoms with Crippen molar-refractivity contribution in [3.8, 4) is 5.88 Å². The van der Waals surface area contributed by atoms with Crippen LogP contribution in [-0.2, 0) is 5.54 Å². The first kappa shape index (κ1) is 19.2. The van der Waals surface area contributed by atoms with Crippen molar-refractivity contribution >= 4 is 16.6 Å². The number of alkyl halides is 2. The average molecular weight is 404 g/mol. The molecular weight excluding hydrogens is 385 g/mol. The van der Waals surface area contributed by atoms with Gasteiger partial charge in [-0.05, 0) is 26.7 Å². The number of rotatable bonds is 5. The van der Waals surface area contributed by atoms with Gasteiger partial charge in [0.15, 0.2) is 5.82 Å². The van der Waals surface area contributed by atoms with E-state index in [0.717, 1.165) is 18.9 Å². The lowest BCUT2D eigenvalue weighted by atomic mass is 10.0. The van der Waals surface area contributed by atoms with Gasteiger partial charge in [0, 0.05) is 28.8 Å². The van der Waals surface area contributed by atoms with E-state index in [4.69, 9.17) is 0 Å². The van der Waals surface area contributed by atoms with Crippen LogP contribution in [0.4, 0.5) is 19.0 Å². The second-order valence-corrected chi connectivity index (χ2v) is 7.60. The number of nitrogens with zero attached hydrogens (tertiary/aromatic N) is 3. The van der Waals surface area contributed by atoms with Gasteiger partial charge in [0.1, 0.15) is 5.82 Å². The highest BCUT2D eigenvalue weighted by atomic mass is 19.3. The van der Waals surface area contributed by atoms with Crippen LogP contribution in [0.1, 0.15) is 50.3 Å². The van der Waals surface area contributed by atoms with Gasteiger partial charge in [-0.3, -0.25) is 4.79 Å². The highest BCUT2D eigenvalue weighted by Gasteiger charge is 2.40. The van der Waals surface area contributed by atoms with E-state index < -0.39 is 29.7 Å². The van der Waals surface area contributed by atoms with Crippen LogP contribution in [0.3, 0.4) is 0 Å². The quantitative estimate of drug-likeness (QED) is 0.664. The van der Waals surface area contributed by atoms with E-state index in [1.165, 1.54) is 18.2 Å². The molecule has 1 aliphatic carbocycles. The van der Waals surface area contributed by atoms with Crippen LogP contribution in [-0.4, -0.2) is 19.9 Å². The molecule has 9 heteroatoms. The molecule has 2 N–H and O–H groups in total. The van der Waals surface area contributed by atoms with Gasteiger partial charge < -0.3 is 15.0 Å². The third-order valence-electron chi connectivity index (χ3n) is 5.46. The first-order valence-electron chi connectivity index (χ1n) is 9.17. The summed E-state index contributed by atoms with van der Waals surface area (Å²) in [4.78, 5) is 12.4. The molecule has 0 unspecified atom stereocenters. The van der Waals surface area contributed by atoms with Crippen LogP contribution >= 0.6 is 0 Å². The molecule has 0 bridgehead atoms. The molecule has 1 saturated carbocycles. The summed E-state index contributed by atoms with van der Waals surface area (Å²) in [7, 11) is 0. The number of halogens is 3. The number of aromatic nitrogens is 3. The van der Waals surface area contributed by atoms with Gasteiger partial charge in [-0.15, -0.1) is 10.2 Å². The van der Waals surface area contributed by atoms with E-state index in [1.54, 1.807) is 17.7 Å². The number of nitrogens with one attached hydrogen (secondary N) is 1. The van der Waals surface area contributed by atoms with E-state index in [9.17, 15) is 23.1 Å². The minimum atomic E-state index is -2.93. The summed E-state index contributed by atoms with van der Waals surface area (Å²) >= 11 is 0. The summed E-state index contributed by atoms with van der Waals surface area (Å²) in [6.45, 7) is 3.56. The number of benzene rings is 1. The predicted molar refractivity (Wildman–Crippen MR) is 102 cm³/mol. The topological polar surface area (TPSA) is 80.0 Å². The second kappa shape index (κ2) is 6.75. The summed E-state index contributed by atoms with van der Waals surface area (Å²) in [6, 6.07) is 4.39. The lowest BCUT2D eigenvalue weighted by Crippen LogP contribution is -2.27. The molecular formula is C20H19F3N4O2. The molecule has 1 fully saturated rings. The number of aromatic hydroxyl groups is 1. The van der Waals surface area contributed by atoms with Crippen molar-refractivity contribution in [1.82, 2.24) is 14.8 Å². The fourth-order valence-electron chi connectivity index (χ4n) is 3.42. The molecule has 6 nitrogen and oxygen atoms in total. The highest BCUT2D eigenvalue weighted by molar-refractivity contribution is 5.94. The third kappa shape index (κ3) is 3.30. The summed E-state index contributed by atoms with van der Waals surface area (Å²) in [5.74, 6) is -1.17. The van der Waals surface area contributed by atoms with Crippen molar-refractivity contribution in [1.29, 1.82) is 0 Å². The average Bonchev–Trinajstić information content (AvgIpc) is 3.42. The van der Waals surface area contributed by atoms with Crippen LogP contribution < -0.4 is 10.9 Å². The normalized spacial score (nSPS) is 16.2. The van der Waals surface area contributed by atoms with Crippen LogP contribution in [0.2, 0.25) is 0 Å². The van der Waals surface area contributed by atoms with Gasteiger partial charge in [0.2, 0.25) is 5.88 Å². The molecule has 0 radical (unpaired) electrons. The largest absolute Gasteiger partial charge is 0.492 e. The summed E-state index contributed by atoms with van der Waals surface area (Å²) in [5, 5.41) is 21.2. The molecule has 4 rings (SSSR count). The standard InChI is InChI=1S/C20H19F3N4O2/c1-10(11-4-3-5-12(16(11)21)17(22)23)24-18-14-9-27(20(2)6-7-20)15(28)8-13(14)19(29)26-25-18/h3-5,8-10,17H,6-7H2,1-2H3,(H,24,25)(H,26,29)/t10-/m1/s1. The van der Waals surface area contributed by atoms with E-state index in [1.807, 2.05) is 6.92 Å². The third-order valence-corrected chi connectivity index (χ3v) is 5.46. The van der Waals surface area contributed by atoms with Crippen molar-refractivity contribution in [2.75, 3.05) is 5.32 Å². The second-order valence-electron chi connectivity index (χ2n) is 7.60. The molecule has 2 heterocycles. The Balaban J connectivity index is 1.78.